The van der Waals surface area contributed by atoms with Crippen molar-refractivity contribution in [3.63, 3.8) is 0 Å². The van der Waals surface area contributed by atoms with Crippen LogP contribution in [0.1, 0.15) is 56.1 Å². The Hall–Kier alpha value is -6.83. The Labute approximate surface area is 570 Å². The molecule has 2 aromatic rings. The Balaban J connectivity index is 0.912. The molecule has 8 aliphatic rings. The maximum atomic E-state index is 15.2. The van der Waals surface area contributed by atoms with Crippen molar-refractivity contribution in [2.45, 2.75) is 204 Å². The van der Waals surface area contributed by atoms with E-state index in [2.05, 4.69) is 47.2 Å². The Kier molecular flexibility index (Phi) is 24.9. The fourth-order valence-electron chi connectivity index (χ4n) is 13.4. The fourth-order valence-corrected chi connectivity index (χ4v) is 13.5. The lowest BCUT2D eigenvalue weighted by Crippen LogP contribution is -2.70. The first-order valence-corrected chi connectivity index (χ1v) is 33.0. The molecule has 7 heterocycles. The maximum absolute atomic E-state index is 15.2. The second-order valence-electron chi connectivity index (χ2n) is 25.7. The van der Waals surface area contributed by atoms with Crippen LogP contribution in [0, 0.1) is 5.92 Å². The second kappa shape index (κ2) is 32.9. The molecule has 2 aromatic carbocycles. The molecule has 0 radical (unpaired) electrons. The van der Waals surface area contributed by atoms with Crippen molar-refractivity contribution in [3.8, 4) is 5.75 Å². The molecule has 0 bridgehead atoms. The van der Waals surface area contributed by atoms with Crippen molar-refractivity contribution in [3.05, 3.63) is 64.7 Å². The number of aliphatic imine (C=N–C) groups is 2. The van der Waals surface area contributed by atoms with E-state index in [1.54, 1.807) is 19.1 Å². The number of aliphatic hydroxyl groups is 12. The highest BCUT2D eigenvalue weighted by molar-refractivity contribution is 6.30. The van der Waals surface area contributed by atoms with Gasteiger partial charge in [0.25, 0.3) is 0 Å². The summed E-state index contributed by atoms with van der Waals surface area (Å²) in [5, 5.41) is 151. The third-order valence-electron chi connectivity index (χ3n) is 19.1. The molecule has 10 rings (SSSR count). The molecular formula is C61H87ClN12O25. The average molecular weight is 1420 g/mol. The Morgan fingerprint density at radius 2 is 1.27 bits per heavy atom. The van der Waals surface area contributed by atoms with Crippen LogP contribution in [-0.2, 0) is 63.6 Å². The molecule has 23 N–H and O–H groups in total. The van der Waals surface area contributed by atoms with Gasteiger partial charge in [0.15, 0.2) is 30.7 Å². The van der Waals surface area contributed by atoms with Gasteiger partial charge in [-0.1, -0.05) is 62.1 Å². The molecule has 26 atom stereocenters. The monoisotopic (exact) mass is 1420 g/mol. The van der Waals surface area contributed by atoms with Crippen LogP contribution >= 0.6 is 11.6 Å². The number of fused-ring (bicyclic) bond motifs is 1. The summed E-state index contributed by atoms with van der Waals surface area (Å²) in [6, 6.07) is -1.24. The number of hydrogen-bond donors (Lipinski definition) is 21. The van der Waals surface area contributed by atoms with Crippen molar-refractivity contribution < 1.29 is 123 Å². The van der Waals surface area contributed by atoms with Crippen LogP contribution in [-0.4, -0.2) is 312 Å². The van der Waals surface area contributed by atoms with Gasteiger partial charge in [-0.2, -0.15) is 0 Å². The van der Waals surface area contributed by atoms with Crippen LogP contribution in [0.25, 0.3) is 0 Å². The number of guanidine groups is 2. The molecule has 38 heteroatoms. The minimum Gasteiger partial charge on any atom is -0.462 e. The van der Waals surface area contributed by atoms with Gasteiger partial charge in [-0.25, -0.2) is 0 Å². The molecule has 0 spiro atoms. The zero-order chi connectivity index (χ0) is 71.3. The van der Waals surface area contributed by atoms with E-state index in [4.69, 9.17) is 56.2 Å². The summed E-state index contributed by atoms with van der Waals surface area (Å²) in [5.41, 5.74) is 12.8. The summed E-state index contributed by atoms with van der Waals surface area (Å²) in [6.07, 6.45) is -25.1. The Morgan fingerprint density at radius 1 is 0.626 bits per heavy atom. The molecule has 37 nitrogen and oxygen atoms in total. The zero-order valence-electron chi connectivity index (χ0n) is 53.4. The van der Waals surface area contributed by atoms with Gasteiger partial charge in [-0.15, -0.1) is 0 Å². The van der Waals surface area contributed by atoms with Crippen LogP contribution < -0.4 is 53.4 Å². The van der Waals surface area contributed by atoms with Crippen molar-refractivity contribution in [1.82, 2.24) is 42.1 Å². The van der Waals surface area contributed by atoms with Gasteiger partial charge in [0, 0.05) is 23.3 Å². The highest BCUT2D eigenvalue weighted by Gasteiger charge is 2.56. The summed E-state index contributed by atoms with van der Waals surface area (Å²) in [5.74, 6) is -8.94. The molecule has 6 amide bonds. The molecule has 1 saturated carbocycles. The van der Waals surface area contributed by atoms with Gasteiger partial charge in [-0.3, -0.25) is 38.8 Å². The van der Waals surface area contributed by atoms with Crippen molar-refractivity contribution in [2.24, 2.45) is 27.4 Å². The van der Waals surface area contributed by atoms with E-state index < -0.39 is 239 Å². The third kappa shape index (κ3) is 16.9. The summed E-state index contributed by atoms with van der Waals surface area (Å²) >= 11 is 6.21. The van der Waals surface area contributed by atoms with Crippen molar-refractivity contribution in [2.75, 3.05) is 46.1 Å². The molecule has 7 aliphatic heterocycles. The molecule has 1 aliphatic carbocycles. The molecule has 99 heavy (non-hydrogen) atoms. The first kappa shape index (κ1) is 74.8. The van der Waals surface area contributed by atoms with E-state index >= 15 is 9.59 Å². The average Bonchev–Trinajstić information content (AvgIpc) is 1.75. The highest BCUT2D eigenvalue weighted by Crippen LogP contribution is 2.38. The summed E-state index contributed by atoms with van der Waals surface area (Å²) in [4.78, 5) is 96.6. The second-order valence-corrected chi connectivity index (χ2v) is 26.2. The maximum Gasteiger partial charge on any atom is 0.246 e. The van der Waals surface area contributed by atoms with E-state index in [9.17, 15) is 80.5 Å². The first-order chi connectivity index (χ1) is 47.3. The minimum atomic E-state index is -2.35. The number of nitrogens with two attached hydrogens (primary N) is 2. The SMILES string of the molecule is CC(c1ccc(Cl)cc1)C1NC(=O)CNC(=O)C(CO)NC(=O)C(C(O)C2CN=C(N)N2C2OC(CO)C(O)C(O)C2O)NC(=O)C(C(O)C2CN=C(N)N2)NC(=O)C(Cc2ccc(OC3OC(CO)C(OC4OC5COC(C6CCCCC6)OC5C(O)C4O)C(O)C3O)cc2)NC1=O. The normalized spacial score (nSPS) is 38.0. The van der Waals surface area contributed by atoms with Gasteiger partial charge in [-0.05, 0) is 48.2 Å². The molecule has 5 saturated heterocycles. The number of aliphatic hydroxyl groups excluding tert-OH is 12. The molecule has 548 valence electrons. The number of carbonyl (C=O) groups is 6. The Morgan fingerprint density at radius 3 is 1.94 bits per heavy atom. The lowest BCUT2D eigenvalue weighted by Gasteiger charge is -2.49. The number of ether oxygens (including phenoxy) is 7. The topological polar surface area (TPSA) is 574 Å². The van der Waals surface area contributed by atoms with Crippen LogP contribution in [0.2, 0.25) is 5.02 Å². The summed E-state index contributed by atoms with van der Waals surface area (Å²) < 4.78 is 41.6. The molecule has 0 aromatic heterocycles. The number of benzene rings is 2. The number of hydrogen-bond acceptors (Lipinski definition) is 31. The quantitative estimate of drug-likeness (QED) is 0.0699. The van der Waals surface area contributed by atoms with Crippen LogP contribution in [0.4, 0.5) is 0 Å². The van der Waals surface area contributed by atoms with Gasteiger partial charge in [0.1, 0.15) is 121 Å². The van der Waals surface area contributed by atoms with Gasteiger partial charge in [0.05, 0.1) is 58.1 Å². The van der Waals surface area contributed by atoms with Crippen LogP contribution in [0.5, 0.6) is 5.75 Å². The van der Waals surface area contributed by atoms with Crippen LogP contribution in [0.15, 0.2) is 58.5 Å². The lowest BCUT2D eigenvalue weighted by molar-refractivity contribution is -0.386. The number of amides is 6. The van der Waals surface area contributed by atoms with Gasteiger partial charge in [0.2, 0.25) is 41.7 Å². The third-order valence-corrected chi connectivity index (χ3v) is 19.4. The Bertz CT molecular complexity index is 3200. The van der Waals surface area contributed by atoms with Gasteiger partial charge < -0.3 is 148 Å². The van der Waals surface area contributed by atoms with Crippen LogP contribution in [0.3, 0.4) is 0 Å². The summed E-state index contributed by atoms with van der Waals surface area (Å²) in [7, 11) is 0. The lowest BCUT2D eigenvalue weighted by atomic mass is 9.88. The highest BCUT2D eigenvalue weighted by atomic mass is 35.5. The van der Waals surface area contributed by atoms with E-state index in [0.29, 0.717) is 10.6 Å². The van der Waals surface area contributed by atoms with Gasteiger partial charge >= 0.3 is 0 Å². The number of carbonyl (C=O) groups excluding carboxylic acids is 6. The largest absolute Gasteiger partial charge is 0.462 e. The molecule has 6 fully saturated rings. The predicted molar refractivity (Wildman–Crippen MR) is 336 cm³/mol. The number of nitrogens with zero attached hydrogens (tertiary/aromatic N) is 3. The van der Waals surface area contributed by atoms with E-state index in [1.807, 2.05) is 0 Å². The smallest absolute Gasteiger partial charge is 0.246 e. The zero-order valence-corrected chi connectivity index (χ0v) is 54.2. The minimum absolute atomic E-state index is 0.00821. The van der Waals surface area contributed by atoms with Crippen molar-refractivity contribution in [1.29, 1.82) is 0 Å². The number of nitrogens with one attached hydrogen (secondary N) is 7. The standard InChI is InChI=1S/C61H87ClN12O25/c1-23(25-9-11-27(62)12-10-25)37-53(90)68-29(15-24-7-13-28(14-8-24)94-58-47(86)44(83)49(34(21-77)96-58)99-59-48(87)45(84)50-35(97-59)22-93-57(98-50)26-5-3-2-4-6-26)52(89)72-38(40(79)30-16-66-60(63)70-30)55(92)73-39(54(91)69-31(19-75)51(88)65-18-36(78)71-37)41(80)32-17-67-61(64)74(32)56-46(85)43(82)42(81)33(20-76)95-56/h7-14,23,26,29-35,37-50,56-59,75-77,79-87H,2-6,15-22H2,1H3,(H2,64,67)(H,65,88)(H,68,90)(H,69,91)(H,71,78)(H,72,89)(H,73,92)(H3,63,66,70). The first-order valence-electron chi connectivity index (χ1n) is 32.6. The summed E-state index contributed by atoms with van der Waals surface area (Å²) in [6.45, 7) is -3.14. The van der Waals surface area contributed by atoms with Crippen molar-refractivity contribution >= 4 is 59.0 Å². The molecule has 26 unspecified atom stereocenters. The fraction of sp³-hybridized carbons (Fsp3) is 0.672. The molecular weight excluding hydrogens is 1340 g/mol. The van der Waals surface area contributed by atoms with E-state index in [1.165, 1.54) is 36.4 Å². The number of halogens is 1. The predicted octanol–water partition coefficient (Wildman–Crippen LogP) is -9.99. The van der Waals surface area contributed by atoms with E-state index in [0.717, 1.165) is 37.0 Å². The number of rotatable bonds is 17. The van der Waals surface area contributed by atoms with E-state index in [-0.39, 0.29) is 36.3 Å².